The number of nitrogens with zero attached hydrogens (tertiary/aromatic N) is 1. The Morgan fingerprint density at radius 3 is 2.38 bits per heavy atom. The van der Waals surface area contributed by atoms with E-state index in [-0.39, 0.29) is 61.6 Å². The minimum Gasteiger partial charge on any atom is -1.00 e. The molecular weight excluding hydrogens is 535 g/mol. The third-order valence-electron chi connectivity index (χ3n) is 5.32. The Kier molecular flexibility index (Phi) is 10.9. The maximum atomic E-state index is 11.2. The zero-order valence-electron chi connectivity index (χ0n) is 21.1. The Labute approximate surface area is 238 Å². The summed E-state index contributed by atoms with van der Waals surface area (Å²) in [7, 11) is -8.21. The van der Waals surface area contributed by atoms with Crippen LogP contribution in [-0.4, -0.2) is 42.9 Å². The second-order valence-corrected chi connectivity index (χ2v) is 11.1. The largest absolute Gasteiger partial charge is 1.00 e. The molecule has 37 heavy (non-hydrogen) atoms. The molecule has 0 amide bonds. The average molecular weight is 563 g/mol. The minimum atomic E-state index is -4.13. The van der Waals surface area contributed by atoms with Crippen LogP contribution in [0, 0.1) is 0 Å². The molecule has 1 aliphatic heterocycles. The topological polar surface area (TPSA) is 177 Å². The summed E-state index contributed by atoms with van der Waals surface area (Å²) >= 11 is 0. The van der Waals surface area contributed by atoms with E-state index in [1.165, 1.54) is 0 Å². The van der Waals surface area contributed by atoms with Crippen LogP contribution in [0.4, 0.5) is 5.69 Å². The molecule has 4 N–H and O–H groups in total. The molecule has 0 fully saturated rings. The van der Waals surface area contributed by atoms with Crippen LogP contribution in [0.1, 0.15) is 25.7 Å². The van der Waals surface area contributed by atoms with Gasteiger partial charge in [-0.1, -0.05) is 24.3 Å². The number of rotatable bonds is 10. The van der Waals surface area contributed by atoms with Crippen molar-refractivity contribution in [2.45, 2.75) is 25.8 Å². The van der Waals surface area contributed by atoms with Crippen LogP contribution in [0.5, 0.6) is 5.75 Å². The normalized spacial score (nSPS) is 14.2. The van der Waals surface area contributed by atoms with Crippen LogP contribution in [0.25, 0.3) is 17.2 Å². The predicted molar refractivity (Wildman–Crippen MR) is 133 cm³/mol. The van der Waals surface area contributed by atoms with Crippen molar-refractivity contribution in [3.63, 3.8) is 0 Å². The monoisotopic (exact) mass is 562 g/mol. The number of anilines is 1. The average Bonchev–Trinajstić information content (AvgIpc) is 3.33. The summed E-state index contributed by atoms with van der Waals surface area (Å²) in [6.07, 6.45) is 5.86. The summed E-state index contributed by atoms with van der Waals surface area (Å²) in [5.41, 5.74) is 2.87. The number of aryl methyl sites for hydroxylation is 2. The minimum absolute atomic E-state index is 0. The molecule has 196 valence electrons. The van der Waals surface area contributed by atoms with Gasteiger partial charge >= 0.3 is 35.4 Å². The first-order valence-corrected chi connectivity index (χ1v) is 14.1. The third kappa shape index (κ3) is 8.65. The van der Waals surface area contributed by atoms with Gasteiger partial charge in [-0.05, 0) is 43.2 Å². The molecule has 0 aliphatic carbocycles. The van der Waals surface area contributed by atoms with Gasteiger partial charge in [-0.15, -0.1) is 0 Å². The molecular formula is C23H27N2NaO9S2. The van der Waals surface area contributed by atoms with Crippen molar-refractivity contribution >= 4 is 43.1 Å². The molecule has 11 nitrogen and oxygen atoms in total. The van der Waals surface area contributed by atoms with E-state index in [2.05, 4.69) is 5.32 Å². The van der Waals surface area contributed by atoms with Crippen molar-refractivity contribution in [1.29, 1.82) is 0 Å². The van der Waals surface area contributed by atoms with Crippen molar-refractivity contribution < 1.29 is 76.1 Å². The molecule has 4 rings (SSSR count). The van der Waals surface area contributed by atoms with Crippen LogP contribution in [0.3, 0.4) is 0 Å². The number of oxazole rings is 1. The van der Waals surface area contributed by atoms with E-state index < -0.39 is 26.0 Å². The number of fused-ring (bicyclic) bond motifs is 2. The molecule has 0 bridgehead atoms. The number of hydrogen-bond donors (Lipinski definition) is 3. The fourth-order valence-electron chi connectivity index (χ4n) is 3.86. The van der Waals surface area contributed by atoms with Crippen molar-refractivity contribution in [3.05, 3.63) is 72.0 Å². The molecule has 0 saturated carbocycles. The van der Waals surface area contributed by atoms with Gasteiger partial charge in [0.25, 0.3) is 25.8 Å². The van der Waals surface area contributed by atoms with Crippen LogP contribution in [0.2, 0.25) is 0 Å². The molecule has 2 heterocycles. The van der Waals surface area contributed by atoms with E-state index in [0.29, 0.717) is 35.0 Å². The molecule has 0 spiro atoms. The third-order valence-corrected chi connectivity index (χ3v) is 6.93. The van der Waals surface area contributed by atoms with Gasteiger partial charge in [0, 0.05) is 12.0 Å². The van der Waals surface area contributed by atoms with Gasteiger partial charge in [-0.3, -0.25) is 9.11 Å². The van der Waals surface area contributed by atoms with Gasteiger partial charge in [-0.2, -0.15) is 21.4 Å². The molecule has 0 radical (unpaired) electrons. The zero-order chi connectivity index (χ0) is 25.1. The van der Waals surface area contributed by atoms with Crippen molar-refractivity contribution in [1.82, 2.24) is 0 Å². The van der Waals surface area contributed by atoms with Gasteiger partial charge in [0.15, 0.2) is 18.2 Å². The number of hydrogen-bond acceptors (Lipinski definition) is 8. The maximum Gasteiger partial charge on any atom is 1.00 e. The first kappa shape index (κ1) is 31.0. The van der Waals surface area contributed by atoms with Gasteiger partial charge in [0.05, 0.1) is 23.3 Å². The Bertz CT molecular complexity index is 1490. The van der Waals surface area contributed by atoms with Crippen molar-refractivity contribution in [2.75, 3.05) is 16.8 Å². The van der Waals surface area contributed by atoms with Crippen LogP contribution >= 0.6 is 0 Å². The number of ether oxygens (including phenoxy) is 1. The van der Waals surface area contributed by atoms with Gasteiger partial charge in [-0.25, -0.2) is 0 Å². The van der Waals surface area contributed by atoms with E-state index in [0.717, 1.165) is 11.3 Å². The number of benzene rings is 2. The second kappa shape index (κ2) is 13.0. The van der Waals surface area contributed by atoms with Crippen LogP contribution < -0.4 is 44.2 Å². The smallest absolute Gasteiger partial charge is 1.00 e. The SMILES string of the molecule is O=S(=O)(O)CCCc1cccc2oc(C=CC=C3Nc4ccccc4O3)[n+](CCCS(=O)(=O)O)c12.[H-].[Na+].[OH-]. The number of aromatic nitrogens is 1. The van der Waals surface area contributed by atoms with Gasteiger partial charge < -0.3 is 21.4 Å². The summed E-state index contributed by atoms with van der Waals surface area (Å²) < 4.78 is 76.4. The fourth-order valence-corrected chi connectivity index (χ4v) is 4.86. The molecule has 0 saturated heterocycles. The Morgan fingerprint density at radius 1 is 0.973 bits per heavy atom. The van der Waals surface area contributed by atoms with E-state index in [1.54, 1.807) is 34.9 Å². The Morgan fingerprint density at radius 2 is 1.68 bits per heavy atom. The summed E-state index contributed by atoms with van der Waals surface area (Å²) in [6, 6.07) is 12.9. The number of allylic oxidation sites excluding steroid dienone is 2. The zero-order valence-corrected chi connectivity index (χ0v) is 23.7. The van der Waals surface area contributed by atoms with Gasteiger partial charge in [0.1, 0.15) is 0 Å². The molecule has 1 aromatic heterocycles. The summed E-state index contributed by atoms with van der Waals surface area (Å²) in [5, 5.41) is 3.14. The Balaban J connectivity index is 0.00000241. The summed E-state index contributed by atoms with van der Waals surface area (Å²) in [4.78, 5) is 0. The number of nitrogens with one attached hydrogen (secondary N) is 1. The van der Waals surface area contributed by atoms with Crippen molar-refractivity contribution in [3.8, 4) is 5.75 Å². The summed E-state index contributed by atoms with van der Waals surface area (Å²) in [5.74, 6) is 0.888. The van der Waals surface area contributed by atoms with E-state index >= 15 is 0 Å². The first-order valence-electron chi connectivity index (χ1n) is 10.9. The van der Waals surface area contributed by atoms with E-state index in [9.17, 15) is 16.8 Å². The molecule has 1 aliphatic rings. The number of para-hydroxylation sites is 3. The first-order chi connectivity index (χ1) is 16.6. The summed E-state index contributed by atoms with van der Waals surface area (Å²) in [6.45, 7) is 0.235. The maximum absolute atomic E-state index is 11.2. The van der Waals surface area contributed by atoms with E-state index in [4.69, 9.17) is 18.3 Å². The molecule has 14 heteroatoms. The molecule has 3 aromatic rings. The van der Waals surface area contributed by atoms with Crippen LogP contribution in [-0.2, 0) is 33.2 Å². The Hall–Kier alpha value is -2.23. The predicted octanol–water partition coefficient (Wildman–Crippen LogP) is 0.117. The molecule has 0 unspecified atom stereocenters. The standard InChI is InChI=1S/C23H24N2O8S2.Na.H2O.H/c26-34(27,28)15-5-8-17-7-3-11-20-23(17)25(14-6-16-35(29,30)31)22(33-20)13-4-12-21-24-18-9-1-2-10-19(18)32-21;;;/h1-4,7,9-13H,5-6,8,14-16H2,(H2,26,27,28,29,30,31);;1H2;/q;+1;;-1. The van der Waals surface area contributed by atoms with Gasteiger partial charge in [0.2, 0.25) is 5.58 Å². The second-order valence-electron chi connectivity index (χ2n) is 8.00. The van der Waals surface area contributed by atoms with E-state index in [1.807, 2.05) is 30.3 Å². The molecule has 0 atom stereocenters. The molecule has 2 aromatic carbocycles. The quantitative estimate of drug-likeness (QED) is 0.175. The van der Waals surface area contributed by atoms with Crippen LogP contribution in [0.15, 0.2) is 64.9 Å². The van der Waals surface area contributed by atoms with Crippen molar-refractivity contribution in [2.24, 2.45) is 0 Å². The fraction of sp³-hybridized carbons (Fsp3) is 0.261.